The van der Waals surface area contributed by atoms with Gasteiger partial charge in [0.2, 0.25) is 0 Å². The van der Waals surface area contributed by atoms with Crippen LogP contribution in [0.15, 0.2) is 23.6 Å². The summed E-state index contributed by atoms with van der Waals surface area (Å²) >= 11 is 1.74. The van der Waals surface area contributed by atoms with Crippen LogP contribution in [-0.4, -0.2) is 11.5 Å². The molecule has 0 atom stereocenters. The van der Waals surface area contributed by atoms with Crippen molar-refractivity contribution >= 4 is 11.3 Å². The molecule has 0 saturated carbocycles. The Morgan fingerprint density at radius 1 is 1.28 bits per heavy atom. The van der Waals surface area contributed by atoms with Gasteiger partial charge >= 0.3 is 0 Å². The summed E-state index contributed by atoms with van der Waals surface area (Å²) in [6, 6.07) is 6.83. The van der Waals surface area contributed by atoms with Crippen LogP contribution in [-0.2, 0) is 19.4 Å². The van der Waals surface area contributed by atoms with Gasteiger partial charge in [-0.3, -0.25) is 0 Å². The number of hydrogen-bond acceptors (Lipinski definition) is 3. The third-order valence-corrected chi connectivity index (χ3v) is 4.32. The van der Waals surface area contributed by atoms with E-state index in [0.29, 0.717) is 0 Å². The Morgan fingerprint density at radius 3 is 3.06 bits per heavy atom. The highest BCUT2D eigenvalue weighted by molar-refractivity contribution is 7.09. The number of nitrogens with zero attached hydrogens (tertiary/aromatic N) is 1. The number of nitrogens with one attached hydrogen (secondary N) is 1. The van der Waals surface area contributed by atoms with E-state index in [1.165, 1.54) is 41.0 Å². The maximum absolute atomic E-state index is 4.70. The molecule has 0 bridgehead atoms. The molecule has 0 amide bonds. The number of aromatic nitrogens is 1. The van der Waals surface area contributed by atoms with Crippen LogP contribution >= 0.6 is 11.3 Å². The largest absolute Gasteiger partial charge is 0.311 e. The summed E-state index contributed by atoms with van der Waals surface area (Å²) < 4.78 is 0. The number of fused-ring (bicyclic) bond motifs is 1. The molecule has 1 aliphatic rings. The summed E-state index contributed by atoms with van der Waals surface area (Å²) in [6.45, 7) is 3.99. The fourth-order valence-electron chi connectivity index (χ4n) is 2.49. The van der Waals surface area contributed by atoms with Gasteiger partial charge in [0.25, 0.3) is 0 Å². The third-order valence-electron chi connectivity index (χ3n) is 3.47. The monoisotopic (exact) mass is 258 g/mol. The third kappa shape index (κ3) is 2.33. The molecule has 0 fully saturated rings. The minimum Gasteiger partial charge on any atom is -0.311 e. The Morgan fingerprint density at radius 2 is 2.17 bits per heavy atom. The Bertz CT molecular complexity index is 545. The second-order valence-corrected chi connectivity index (χ2v) is 5.69. The van der Waals surface area contributed by atoms with Crippen LogP contribution in [0.2, 0.25) is 0 Å². The van der Waals surface area contributed by atoms with Crippen LogP contribution in [0.4, 0.5) is 0 Å². The van der Waals surface area contributed by atoms with Gasteiger partial charge in [0.05, 0.1) is 5.69 Å². The van der Waals surface area contributed by atoms with Crippen molar-refractivity contribution in [2.24, 2.45) is 0 Å². The van der Waals surface area contributed by atoms with Gasteiger partial charge in [-0.2, -0.15) is 0 Å². The fraction of sp³-hybridized carbons (Fsp3) is 0.400. The standard InChI is InChI=1S/C15H18N2S/c1-2-16-9-15-17-14(10-18-15)13-7-6-11-4-3-5-12(11)8-13/h6-8,10,16H,2-5,9H2,1H3. The molecule has 3 heteroatoms. The Hall–Kier alpha value is -1.19. The summed E-state index contributed by atoms with van der Waals surface area (Å²) in [6.07, 6.45) is 3.79. The lowest BCUT2D eigenvalue weighted by atomic mass is 10.1. The minimum atomic E-state index is 0.881. The van der Waals surface area contributed by atoms with Crippen molar-refractivity contribution in [2.45, 2.75) is 32.7 Å². The molecule has 1 aromatic heterocycles. The number of benzene rings is 1. The zero-order valence-corrected chi connectivity index (χ0v) is 11.5. The molecule has 0 radical (unpaired) electrons. The predicted octanol–water partition coefficient (Wildman–Crippen LogP) is 3.41. The van der Waals surface area contributed by atoms with Crippen LogP contribution in [0.5, 0.6) is 0 Å². The van der Waals surface area contributed by atoms with Gasteiger partial charge in [-0.05, 0) is 43.0 Å². The van der Waals surface area contributed by atoms with Crippen molar-refractivity contribution in [3.63, 3.8) is 0 Å². The number of rotatable bonds is 4. The highest BCUT2D eigenvalue weighted by Gasteiger charge is 2.12. The molecular weight excluding hydrogens is 240 g/mol. The van der Waals surface area contributed by atoms with Crippen molar-refractivity contribution in [3.8, 4) is 11.3 Å². The molecule has 1 heterocycles. The van der Waals surface area contributed by atoms with Gasteiger partial charge in [0, 0.05) is 17.5 Å². The van der Waals surface area contributed by atoms with Gasteiger partial charge in [-0.15, -0.1) is 11.3 Å². The van der Waals surface area contributed by atoms with Gasteiger partial charge < -0.3 is 5.32 Å². The molecule has 2 nitrogen and oxygen atoms in total. The molecular formula is C15H18N2S. The normalized spacial score (nSPS) is 13.8. The molecule has 1 aliphatic carbocycles. The van der Waals surface area contributed by atoms with E-state index in [4.69, 9.17) is 4.98 Å². The lowest BCUT2D eigenvalue weighted by Gasteiger charge is -2.02. The second-order valence-electron chi connectivity index (χ2n) is 4.74. The number of thiazole rings is 1. The average Bonchev–Trinajstić information content (AvgIpc) is 3.04. The Labute approximate surface area is 112 Å². The van der Waals surface area contributed by atoms with Crippen LogP contribution in [0.1, 0.15) is 29.5 Å². The first-order valence-electron chi connectivity index (χ1n) is 6.64. The van der Waals surface area contributed by atoms with Gasteiger partial charge in [-0.1, -0.05) is 19.1 Å². The van der Waals surface area contributed by atoms with E-state index in [2.05, 4.69) is 35.8 Å². The zero-order valence-electron chi connectivity index (χ0n) is 10.7. The first kappa shape index (κ1) is 11.9. The van der Waals surface area contributed by atoms with Gasteiger partial charge in [0.15, 0.2) is 0 Å². The summed E-state index contributed by atoms with van der Waals surface area (Å²) in [4.78, 5) is 4.70. The van der Waals surface area contributed by atoms with Crippen LogP contribution in [0.25, 0.3) is 11.3 Å². The zero-order chi connectivity index (χ0) is 12.4. The van der Waals surface area contributed by atoms with E-state index >= 15 is 0 Å². The maximum Gasteiger partial charge on any atom is 0.107 e. The molecule has 0 unspecified atom stereocenters. The number of hydrogen-bond donors (Lipinski definition) is 1. The molecule has 1 N–H and O–H groups in total. The summed E-state index contributed by atoms with van der Waals surface area (Å²) in [5.41, 5.74) is 5.45. The van der Waals surface area contributed by atoms with Crippen LogP contribution in [0.3, 0.4) is 0 Å². The van der Waals surface area contributed by atoms with Gasteiger partial charge in [-0.25, -0.2) is 4.98 Å². The number of aryl methyl sites for hydroxylation is 2. The SMILES string of the molecule is CCNCc1nc(-c2ccc3c(c2)CCC3)cs1. The first-order chi connectivity index (χ1) is 8.86. The van der Waals surface area contributed by atoms with Crippen molar-refractivity contribution in [1.82, 2.24) is 10.3 Å². The second kappa shape index (κ2) is 5.21. The van der Waals surface area contributed by atoms with E-state index in [1.807, 2.05) is 0 Å². The van der Waals surface area contributed by atoms with E-state index in [9.17, 15) is 0 Å². The predicted molar refractivity (Wildman–Crippen MR) is 77.0 cm³/mol. The fourth-order valence-corrected chi connectivity index (χ4v) is 3.26. The molecule has 3 rings (SSSR count). The van der Waals surface area contributed by atoms with Crippen LogP contribution in [0, 0.1) is 0 Å². The van der Waals surface area contributed by atoms with Crippen LogP contribution < -0.4 is 5.32 Å². The molecule has 18 heavy (non-hydrogen) atoms. The lowest BCUT2D eigenvalue weighted by molar-refractivity contribution is 0.723. The molecule has 1 aromatic carbocycles. The summed E-state index contributed by atoms with van der Waals surface area (Å²) in [7, 11) is 0. The average molecular weight is 258 g/mol. The van der Waals surface area contributed by atoms with Crippen molar-refractivity contribution < 1.29 is 0 Å². The molecule has 0 saturated heterocycles. The van der Waals surface area contributed by atoms with E-state index in [1.54, 1.807) is 11.3 Å². The highest BCUT2D eigenvalue weighted by atomic mass is 32.1. The Kier molecular flexibility index (Phi) is 3.43. The minimum absolute atomic E-state index is 0.881. The molecule has 0 aliphatic heterocycles. The highest BCUT2D eigenvalue weighted by Crippen LogP contribution is 2.28. The van der Waals surface area contributed by atoms with Crippen molar-refractivity contribution in [1.29, 1.82) is 0 Å². The molecule has 2 aromatic rings. The molecule has 94 valence electrons. The lowest BCUT2D eigenvalue weighted by Crippen LogP contribution is -2.11. The summed E-state index contributed by atoms with van der Waals surface area (Å²) in [5, 5.41) is 6.66. The topological polar surface area (TPSA) is 24.9 Å². The summed E-state index contributed by atoms with van der Waals surface area (Å²) in [5.74, 6) is 0. The van der Waals surface area contributed by atoms with Gasteiger partial charge in [0.1, 0.15) is 5.01 Å². The van der Waals surface area contributed by atoms with E-state index < -0.39 is 0 Å². The molecule has 0 spiro atoms. The first-order valence-corrected chi connectivity index (χ1v) is 7.52. The maximum atomic E-state index is 4.70. The van der Waals surface area contributed by atoms with Crippen molar-refractivity contribution in [2.75, 3.05) is 6.54 Å². The van der Waals surface area contributed by atoms with Crippen molar-refractivity contribution in [3.05, 3.63) is 39.7 Å². The smallest absolute Gasteiger partial charge is 0.107 e. The van der Waals surface area contributed by atoms with E-state index in [0.717, 1.165) is 18.8 Å². The van der Waals surface area contributed by atoms with E-state index in [-0.39, 0.29) is 0 Å². The Balaban J connectivity index is 1.83. The quantitative estimate of drug-likeness (QED) is 0.909.